The van der Waals surface area contributed by atoms with Gasteiger partial charge in [0, 0.05) is 25.7 Å². The van der Waals surface area contributed by atoms with Crippen molar-refractivity contribution in [2.24, 2.45) is 0 Å². The molecule has 2 amide bonds. The molecule has 3 aromatic rings. The standard InChI is InChI=1S/C22H25N3O5S2/c1-24(32(28,29)22-12-7-15-31-22)13-5-11-21(27)25(16-19-10-6-14-30-19)17-20(26)23-18-8-3-2-4-9-18/h2-4,6-10,12,14-15H,5,11,13,16-17H2,1H3,(H,23,26). The molecule has 0 aliphatic heterocycles. The van der Waals surface area contributed by atoms with E-state index in [2.05, 4.69) is 5.32 Å². The number of carbonyl (C=O) groups is 2. The lowest BCUT2D eigenvalue weighted by molar-refractivity contribution is -0.135. The van der Waals surface area contributed by atoms with Gasteiger partial charge in [0.1, 0.15) is 16.5 Å². The molecule has 0 saturated heterocycles. The molecule has 0 spiro atoms. The molecule has 170 valence electrons. The van der Waals surface area contributed by atoms with E-state index in [1.54, 1.807) is 41.8 Å². The highest BCUT2D eigenvalue weighted by atomic mass is 32.2. The zero-order valence-electron chi connectivity index (χ0n) is 17.6. The van der Waals surface area contributed by atoms with Crippen LogP contribution in [0, 0.1) is 0 Å². The predicted molar refractivity (Wildman–Crippen MR) is 123 cm³/mol. The van der Waals surface area contributed by atoms with E-state index in [-0.39, 0.29) is 42.1 Å². The van der Waals surface area contributed by atoms with Gasteiger partial charge in [0.15, 0.2) is 0 Å². The van der Waals surface area contributed by atoms with Gasteiger partial charge in [-0.15, -0.1) is 11.3 Å². The number of hydrogen-bond acceptors (Lipinski definition) is 6. The van der Waals surface area contributed by atoms with Crippen molar-refractivity contribution in [3.8, 4) is 0 Å². The second kappa shape index (κ2) is 11.1. The van der Waals surface area contributed by atoms with Gasteiger partial charge in [0.25, 0.3) is 10.0 Å². The number of amides is 2. The predicted octanol–water partition coefficient (Wildman–Crippen LogP) is 3.41. The molecule has 0 fully saturated rings. The highest BCUT2D eigenvalue weighted by molar-refractivity contribution is 7.91. The third-order valence-corrected chi connectivity index (χ3v) is 7.92. The molecule has 0 aliphatic carbocycles. The first-order chi connectivity index (χ1) is 15.4. The van der Waals surface area contributed by atoms with Crippen molar-refractivity contribution in [3.63, 3.8) is 0 Å². The van der Waals surface area contributed by atoms with Crippen LogP contribution in [0.15, 0.2) is 74.9 Å². The Balaban J connectivity index is 1.57. The number of carbonyl (C=O) groups excluding carboxylic acids is 2. The van der Waals surface area contributed by atoms with E-state index >= 15 is 0 Å². The zero-order chi connectivity index (χ0) is 23.0. The fourth-order valence-electron chi connectivity index (χ4n) is 3.01. The normalized spacial score (nSPS) is 11.4. The minimum atomic E-state index is -3.56. The van der Waals surface area contributed by atoms with Gasteiger partial charge in [-0.1, -0.05) is 24.3 Å². The Hall–Kier alpha value is -2.95. The number of anilines is 1. The summed E-state index contributed by atoms with van der Waals surface area (Å²) in [5.74, 6) is -0.0247. The van der Waals surface area contributed by atoms with E-state index < -0.39 is 10.0 Å². The van der Waals surface area contributed by atoms with Crippen molar-refractivity contribution in [2.45, 2.75) is 23.6 Å². The second-order valence-corrected chi connectivity index (χ2v) is 10.3. The highest BCUT2D eigenvalue weighted by Crippen LogP contribution is 2.20. The van der Waals surface area contributed by atoms with Crippen molar-refractivity contribution < 1.29 is 22.4 Å². The molecule has 1 aromatic carbocycles. The van der Waals surface area contributed by atoms with Crippen molar-refractivity contribution >= 4 is 38.9 Å². The van der Waals surface area contributed by atoms with E-state index in [1.807, 2.05) is 18.2 Å². The lowest BCUT2D eigenvalue weighted by atomic mass is 10.2. The van der Waals surface area contributed by atoms with Gasteiger partial charge in [0.05, 0.1) is 12.8 Å². The second-order valence-electron chi connectivity index (χ2n) is 7.11. The molecule has 0 unspecified atom stereocenters. The topological polar surface area (TPSA) is 99.9 Å². The zero-order valence-corrected chi connectivity index (χ0v) is 19.3. The van der Waals surface area contributed by atoms with Crippen LogP contribution in [-0.2, 0) is 26.2 Å². The Labute approximate surface area is 191 Å². The summed E-state index contributed by atoms with van der Waals surface area (Å²) in [6.45, 7) is 0.200. The summed E-state index contributed by atoms with van der Waals surface area (Å²) in [5, 5.41) is 4.47. The van der Waals surface area contributed by atoms with Gasteiger partial charge < -0.3 is 14.6 Å². The van der Waals surface area contributed by atoms with Crippen molar-refractivity contribution in [3.05, 3.63) is 72.0 Å². The van der Waals surface area contributed by atoms with Crippen molar-refractivity contribution in [2.75, 3.05) is 25.5 Å². The summed E-state index contributed by atoms with van der Waals surface area (Å²) in [6, 6.07) is 15.7. The highest BCUT2D eigenvalue weighted by Gasteiger charge is 2.23. The van der Waals surface area contributed by atoms with Crippen LogP contribution in [0.1, 0.15) is 18.6 Å². The number of hydrogen-bond donors (Lipinski definition) is 1. The molecule has 0 saturated carbocycles. The van der Waals surface area contributed by atoms with Gasteiger partial charge in [-0.3, -0.25) is 9.59 Å². The number of nitrogens with one attached hydrogen (secondary N) is 1. The average molecular weight is 476 g/mol. The van der Waals surface area contributed by atoms with Crippen LogP contribution in [0.3, 0.4) is 0 Å². The molecule has 2 heterocycles. The Morgan fingerprint density at radius 2 is 1.84 bits per heavy atom. The number of nitrogens with zero attached hydrogens (tertiary/aromatic N) is 2. The summed E-state index contributed by atoms with van der Waals surface area (Å²) in [6.07, 6.45) is 1.94. The maximum atomic E-state index is 12.9. The lowest BCUT2D eigenvalue weighted by Gasteiger charge is -2.22. The average Bonchev–Trinajstić information content (AvgIpc) is 3.48. The van der Waals surface area contributed by atoms with Crippen LogP contribution >= 0.6 is 11.3 Å². The smallest absolute Gasteiger partial charge is 0.252 e. The first kappa shape index (κ1) is 23.7. The number of rotatable bonds is 11. The molecule has 2 aromatic heterocycles. The number of benzene rings is 1. The number of sulfonamides is 1. The Morgan fingerprint density at radius 1 is 1.06 bits per heavy atom. The number of furan rings is 1. The summed E-state index contributed by atoms with van der Waals surface area (Å²) in [5.41, 5.74) is 0.642. The molecule has 1 N–H and O–H groups in total. The fourth-order valence-corrected chi connectivity index (χ4v) is 5.42. The van der Waals surface area contributed by atoms with E-state index in [4.69, 9.17) is 4.42 Å². The van der Waals surface area contributed by atoms with E-state index in [9.17, 15) is 18.0 Å². The Bertz CT molecular complexity index is 1100. The summed E-state index contributed by atoms with van der Waals surface area (Å²) in [7, 11) is -2.07. The quantitative estimate of drug-likeness (QED) is 0.458. The van der Waals surface area contributed by atoms with Crippen molar-refractivity contribution in [1.29, 1.82) is 0 Å². The largest absolute Gasteiger partial charge is 0.467 e. The molecule has 8 nitrogen and oxygen atoms in total. The van der Waals surface area contributed by atoms with Gasteiger partial charge in [-0.25, -0.2) is 12.7 Å². The van der Waals surface area contributed by atoms with Crippen LogP contribution in [0.25, 0.3) is 0 Å². The first-order valence-corrected chi connectivity index (χ1v) is 12.3. The van der Waals surface area contributed by atoms with Crippen LogP contribution in [-0.4, -0.2) is 49.6 Å². The first-order valence-electron chi connectivity index (χ1n) is 10.0. The minimum absolute atomic E-state index is 0.101. The Morgan fingerprint density at radius 3 is 2.50 bits per heavy atom. The molecule has 3 rings (SSSR count). The summed E-state index contributed by atoms with van der Waals surface area (Å²) < 4.78 is 31.9. The molecule has 32 heavy (non-hydrogen) atoms. The molecule has 0 aliphatic rings. The maximum absolute atomic E-state index is 12.9. The monoisotopic (exact) mass is 475 g/mol. The van der Waals surface area contributed by atoms with Crippen LogP contribution < -0.4 is 5.32 Å². The third-order valence-electron chi connectivity index (χ3n) is 4.69. The van der Waals surface area contributed by atoms with Crippen LogP contribution in [0.4, 0.5) is 5.69 Å². The minimum Gasteiger partial charge on any atom is -0.467 e. The molecular weight excluding hydrogens is 450 g/mol. The number of para-hydroxylation sites is 1. The summed E-state index contributed by atoms with van der Waals surface area (Å²) in [4.78, 5) is 26.7. The Kier molecular flexibility index (Phi) is 8.20. The van der Waals surface area contributed by atoms with Gasteiger partial charge >= 0.3 is 0 Å². The van der Waals surface area contributed by atoms with Crippen LogP contribution in [0.5, 0.6) is 0 Å². The molecule has 0 bridgehead atoms. The van der Waals surface area contributed by atoms with Gasteiger partial charge in [-0.2, -0.15) is 0 Å². The SMILES string of the molecule is CN(CCCC(=O)N(CC(=O)Nc1ccccc1)Cc1ccco1)S(=O)(=O)c1cccs1. The summed E-state index contributed by atoms with van der Waals surface area (Å²) >= 11 is 1.15. The molecule has 0 atom stereocenters. The van der Waals surface area contributed by atoms with E-state index in [1.165, 1.54) is 22.5 Å². The van der Waals surface area contributed by atoms with E-state index in [0.717, 1.165) is 11.3 Å². The van der Waals surface area contributed by atoms with Gasteiger partial charge in [0.2, 0.25) is 11.8 Å². The molecule has 10 heteroatoms. The van der Waals surface area contributed by atoms with Crippen LogP contribution in [0.2, 0.25) is 0 Å². The molecular formula is C22H25N3O5S2. The fraction of sp³-hybridized carbons (Fsp3) is 0.273. The number of thiophene rings is 1. The lowest BCUT2D eigenvalue weighted by Crippen LogP contribution is -2.38. The third kappa shape index (κ3) is 6.52. The van der Waals surface area contributed by atoms with Gasteiger partial charge in [-0.05, 0) is 42.1 Å². The molecule has 0 radical (unpaired) electrons. The van der Waals surface area contributed by atoms with E-state index in [0.29, 0.717) is 17.9 Å². The maximum Gasteiger partial charge on any atom is 0.252 e. The van der Waals surface area contributed by atoms with Crippen molar-refractivity contribution in [1.82, 2.24) is 9.21 Å².